The van der Waals surface area contributed by atoms with Gasteiger partial charge < -0.3 is 15.4 Å². The maximum Gasteiger partial charge on any atom is 0.239 e. The highest BCUT2D eigenvalue weighted by Gasteiger charge is 2.06. The molecule has 0 saturated heterocycles. The van der Waals surface area contributed by atoms with Crippen LogP contribution in [0.4, 0.5) is 5.69 Å². The Hall–Kier alpha value is -1.97. The van der Waals surface area contributed by atoms with Gasteiger partial charge in [0.2, 0.25) is 5.91 Å². The van der Waals surface area contributed by atoms with Crippen LogP contribution in [0, 0.1) is 0 Å². The predicted molar refractivity (Wildman–Crippen MR) is 85.7 cm³/mol. The molecule has 0 aromatic heterocycles. The number of benzene rings is 1. The molecule has 1 amide bonds. The van der Waals surface area contributed by atoms with Gasteiger partial charge in [-0.3, -0.25) is 4.79 Å². The maximum absolute atomic E-state index is 11.8. The third-order valence-electron chi connectivity index (χ3n) is 3.70. The largest absolute Gasteiger partial charge is 0.495 e. The molecule has 4 nitrogen and oxygen atoms in total. The van der Waals surface area contributed by atoms with Crippen molar-refractivity contribution in [3.05, 3.63) is 35.9 Å². The van der Waals surface area contributed by atoms with Crippen LogP contribution in [-0.2, 0) is 4.79 Å². The summed E-state index contributed by atoms with van der Waals surface area (Å²) in [7, 11) is 1.62. The molecule has 1 aromatic carbocycles. The molecule has 114 valence electrons. The standard InChI is InChI=1S/C17H24N2O2/c1-21-16-10-6-5-9-15(16)19-13-17(20)18-12-11-14-7-3-2-4-8-14/h5-7,9-10,19H,2-4,8,11-13H2,1H3,(H,18,20). The van der Waals surface area contributed by atoms with Gasteiger partial charge in [-0.05, 0) is 44.2 Å². The van der Waals surface area contributed by atoms with Crippen molar-refractivity contribution >= 4 is 11.6 Å². The van der Waals surface area contributed by atoms with E-state index < -0.39 is 0 Å². The molecular formula is C17H24N2O2. The number of hydrogen-bond acceptors (Lipinski definition) is 3. The highest BCUT2D eigenvalue weighted by molar-refractivity contribution is 5.81. The number of carbonyl (C=O) groups is 1. The van der Waals surface area contributed by atoms with E-state index in [0.29, 0.717) is 0 Å². The van der Waals surface area contributed by atoms with E-state index in [2.05, 4.69) is 16.7 Å². The first-order valence-corrected chi connectivity index (χ1v) is 7.61. The zero-order valence-corrected chi connectivity index (χ0v) is 12.7. The van der Waals surface area contributed by atoms with E-state index in [9.17, 15) is 4.79 Å². The molecule has 1 aliphatic carbocycles. The number of nitrogens with one attached hydrogen (secondary N) is 2. The van der Waals surface area contributed by atoms with Crippen molar-refractivity contribution in [2.75, 3.05) is 25.5 Å². The van der Waals surface area contributed by atoms with Gasteiger partial charge >= 0.3 is 0 Å². The molecule has 0 bridgehead atoms. The molecule has 1 aliphatic rings. The normalized spacial score (nSPS) is 14.2. The Bertz CT molecular complexity index is 497. The van der Waals surface area contributed by atoms with Crippen LogP contribution in [0.3, 0.4) is 0 Å². The first-order chi connectivity index (χ1) is 10.3. The maximum atomic E-state index is 11.8. The predicted octanol–water partition coefficient (Wildman–Crippen LogP) is 3.11. The average molecular weight is 288 g/mol. The molecule has 21 heavy (non-hydrogen) atoms. The lowest BCUT2D eigenvalue weighted by Crippen LogP contribution is -2.30. The van der Waals surface area contributed by atoms with Crippen LogP contribution >= 0.6 is 0 Å². The SMILES string of the molecule is COc1ccccc1NCC(=O)NCCC1=CCCCC1. The van der Waals surface area contributed by atoms with Gasteiger partial charge in [0.1, 0.15) is 5.75 Å². The fourth-order valence-electron chi connectivity index (χ4n) is 2.52. The summed E-state index contributed by atoms with van der Waals surface area (Å²) in [5, 5.41) is 6.06. The summed E-state index contributed by atoms with van der Waals surface area (Å²) in [5.41, 5.74) is 2.32. The van der Waals surface area contributed by atoms with E-state index in [-0.39, 0.29) is 12.5 Å². The van der Waals surface area contributed by atoms with Crippen LogP contribution in [0.15, 0.2) is 35.9 Å². The molecule has 0 saturated carbocycles. The quantitative estimate of drug-likeness (QED) is 0.758. The van der Waals surface area contributed by atoms with Gasteiger partial charge in [0.25, 0.3) is 0 Å². The number of hydrogen-bond donors (Lipinski definition) is 2. The van der Waals surface area contributed by atoms with Crippen LogP contribution in [0.1, 0.15) is 32.1 Å². The van der Waals surface area contributed by atoms with Crippen LogP contribution < -0.4 is 15.4 Å². The minimum atomic E-state index is 0.0114. The lowest BCUT2D eigenvalue weighted by Gasteiger charge is -2.13. The third-order valence-corrected chi connectivity index (χ3v) is 3.70. The molecular weight excluding hydrogens is 264 g/mol. The molecule has 4 heteroatoms. The summed E-state index contributed by atoms with van der Waals surface area (Å²) >= 11 is 0. The second-order valence-corrected chi connectivity index (χ2v) is 5.26. The van der Waals surface area contributed by atoms with Crippen LogP contribution in [0.2, 0.25) is 0 Å². The summed E-state index contributed by atoms with van der Waals surface area (Å²) in [6.45, 7) is 0.984. The minimum Gasteiger partial charge on any atom is -0.495 e. The fourth-order valence-corrected chi connectivity index (χ4v) is 2.52. The smallest absolute Gasteiger partial charge is 0.239 e. The molecule has 0 fully saturated rings. The van der Waals surface area contributed by atoms with Crippen molar-refractivity contribution in [1.29, 1.82) is 0 Å². The summed E-state index contributed by atoms with van der Waals surface area (Å²) in [5.74, 6) is 0.759. The molecule has 2 N–H and O–H groups in total. The van der Waals surface area contributed by atoms with E-state index in [4.69, 9.17) is 4.74 Å². The Balaban J connectivity index is 1.68. The number of amides is 1. The number of para-hydroxylation sites is 2. The van der Waals surface area contributed by atoms with Gasteiger partial charge in [0.15, 0.2) is 0 Å². The van der Waals surface area contributed by atoms with E-state index in [1.54, 1.807) is 7.11 Å². The first-order valence-electron chi connectivity index (χ1n) is 7.61. The molecule has 0 heterocycles. The van der Waals surface area contributed by atoms with Crippen molar-refractivity contribution in [3.63, 3.8) is 0 Å². The van der Waals surface area contributed by atoms with Crippen molar-refractivity contribution in [2.45, 2.75) is 32.1 Å². The highest BCUT2D eigenvalue weighted by Crippen LogP contribution is 2.22. The lowest BCUT2D eigenvalue weighted by molar-refractivity contribution is -0.119. The second kappa shape index (κ2) is 8.35. The van der Waals surface area contributed by atoms with Crippen LogP contribution in [0.5, 0.6) is 5.75 Å². The van der Waals surface area contributed by atoms with Crippen LogP contribution in [-0.4, -0.2) is 26.1 Å². The van der Waals surface area contributed by atoms with Gasteiger partial charge in [0, 0.05) is 6.54 Å². The molecule has 0 spiro atoms. The molecule has 2 rings (SSSR count). The topological polar surface area (TPSA) is 50.4 Å². The summed E-state index contributed by atoms with van der Waals surface area (Å²) in [4.78, 5) is 11.8. The second-order valence-electron chi connectivity index (χ2n) is 5.26. The summed E-state index contributed by atoms with van der Waals surface area (Å²) in [6, 6.07) is 7.59. The zero-order chi connectivity index (χ0) is 14.9. The summed E-state index contributed by atoms with van der Waals surface area (Å²) < 4.78 is 5.24. The monoisotopic (exact) mass is 288 g/mol. The van der Waals surface area contributed by atoms with Crippen molar-refractivity contribution < 1.29 is 9.53 Å². The molecule has 0 atom stereocenters. The van der Waals surface area contributed by atoms with Gasteiger partial charge in [-0.15, -0.1) is 0 Å². The van der Waals surface area contributed by atoms with Crippen molar-refractivity contribution in [3.8, 4) is 5.75 Å². The first kappa shape index (κ1) is 15.4. The van der Waals surface area contributed by atoms with Crippen LogP contribution in [0.25, 0.3) is 0 Å². The number of allylic oxidation sites excluding steroid dienone is 1. The van der Waals surface area contributed by atoms with E-state index in [0.717, 1.165) is 24.4 Å². The molecule has 0 unspecified atom stereocenters. The fraction of sp³-hybridized carbons (Fsp3) is 0.471. The van der Waals surface area contributed by atoms with E-state index >= 15 is 0 Å². The zero-order valence-electron chi connectivity index (χ0n) is 12.7. The number of methoxy groups -OCH3 is 1. The van der Waals surface area contributed by atoms with E-state index in [1.807, 2.05) is 24.3 Å². The molecule has 0 radical (unpaired) electrons. The van der Waals surface area contributed by atoms with Gasteiger partial charge in [-0.25, -0.2) is 0 Å². The van der Waals surface area contributed by atoms with E-state index in [1.165, 1.54) is 31.3 Å². The van der Waals surface area contributed by atoms with Crippen molar-refractivity contribution in [2.24, 2.45) is 0 Å². The van der Waals surface area contributed by atoms with Gasteiger partial charge in [0.05, 0.1) is 19.3 Å². The molecule has 1 aromatic rings. The Kier molecular flexibility index (Phi) is 6.13. The Morgan fingerprint density at radius 2 is 2.14 bits per heavy atom. The van der Waals surface area contributed by atoms with Gasteiger partial charge in [-0.2, -0.15) is 0 Å². The molecule has 0 aliphatic heterocycles. The summed E-state index contributed by atoms with van der Waals surface area (Å²) in [6.07, 6.45) is 8.27. The Labute approximate surface area is 126 Å². The highest BCUT2D eigenvalue weighted by atomic mass is 16.5. The Morgan fingerprint density at radius 1 is 1.29 bits per heavy atom. The number of carbonyl (C=O) groups excluding carboxylic acids is 1. The lowest BCUT2D eigenvalue weighted by atomic mass is 9.97. The third kappa shape index (κ3) is 5.14. The van der Waals surface area contributed by atoms with Gasteiger partial charge in [-0.1, -0.05) is 23.8 Å². The number of anilines is 1. The van der Waals surface area contributed by atoms with Crippen molar-refractivity contribution in [1.82, 2.24) is 5.32 Å². The average Bonchev–Trinajstić information content (AvgIpc) is 2.54. The Morgan fingerprint density at radius 3 is 2.90 bits per heavy atom. The minimum absolute atomic E-state index is 0.0114. The number of rotatable bonds is 7. The number of ether oxygens (including phenoxy) is 1.